The minimum atomic E-state index is -3.54. The Labute approximate surface area is 180 Å². The third-order valence-electron chi connectivity index (χ3n) is 5.16. The number of benzene rings is 2. The highest BCUT2D eigenvalue weighted by Gasteiger charge is 2.27. The van der Waals surface area contributed by atoms with Crippen molar-refractivity contribution in [3.63, 3.8) is 0 Å². The van der Waals surface area contributed by atoms with Crippen LogP contribution in [0.2, 0.25) is 0 Å². The highest BCUT2D eigenvalue weighted by Crippen LogP contribution is 2.37. The molecular weight excluding hydrogens is 422 g/mol. The Morgan fingerprint density at radius 3 is 2.48 bits per heavy atom. The lowest BCUT2D eigenvalue weighted by Crippen LogP contribution is -2.28. The number of rotatable bonds is 7. The van der Waals surface area contributed by atoms with Crippen LogP contribution in [0.3, 0.4) is 0 Å². The largest absolute Gasteiger partial charge is 0.454 e. The predicted octanol–water partition coefficient (Wildman–Crippen LogP) is 2.45. The van der Waals surface area contributed by atoms with Gasteiger partial charge in [0.2, 0.25) is 22.7 Å². The van der Waals surface area contributed by atoms with Gasteiger partial charge in [-0.2, -0.15) is 4.31 Å². The van der Waals surface area contributed by atoms with Crippen molar-refractivity contribution in [2.75, 3.05) is 37.1 Å². The van der Waals surface area contributed by atoms with E-state index < -0.39 is 15.9 Å². The highest BCUT2D eigenvalue weighted by molar-refractivity contribution is 7.89. The summed E-state index contributed by atoms with van der Waals surface area (Å²) in [5, 5.41) is 5.63. The number of Topliss-reactive ketones (excluding diaryl/α,β-unsaturated/α-hetero) is 1. The van der Waals surface area contributed by atoms with Gasteiger partial charge in [0.1, 0.15) is 0 Å². The molecule has 0 atom stereocenters. The van der Waals surface area contributed by atoms with Crippen LogP contribution in [0.1, 0.15) is 30.1 Å². The summed E-state index contributed by atoms with van der Waals surface area (Å²) in [6.45, 7) is 2.39. The number of ether oxygens (including phenoxy) is 2. The van der Waals surface area contributed by atoms with Gasteiger partial charge in [0.15, 0.2) is 17.3 Å². The third kappa shape index (κ3) is 4.49. The second kappa shape index (κ2) is 8.56. The van der Waals surface area contributed by atoms with E-state index in [-0.39, 0.29) is 24.0 Å². The Morgan fingerprint density at radius 1 is 1.06 bits per heavy atom. The summed E-state index contributed by atoms with van der Waals surface area (Å²) in [5.74, 6) is 0.293. The van der Waals surface area contributed by atoms with Crippen molar-refractivity contribution in [1.29, 1.82) is 0 Å². The number of ketones is 1. The zero-order chi connectivity index (χ0) is 22.0. The van der Waals surface area contributed by atoms with Gasteiger partial charge in [0, 0.05) is 30.4 Å². The first kappa shape index (κ1) is 21.1. The Morgan fingerprint density at radius 2 is 1.77 bits per heavy atom. The molecule has 9 nitrogen and oxygen atoms in total. The second-order valence-corrected chi connectivity index (χ2v) is 9.29. The van der Waals surface area contributed by atoms with Crippen molar-refractivity contribution in [3.05, 3.63) is 42.0 Å². The van der Waals surface area contributed by atoms with E-state index in [2.05, 4.69) is 10.6 Å². The molecule has 0 aliphatic carbocycles. The number of carbonyl (C=O) groups is 2. The van der Waals surface area contributed by atoms with Crippen molar-refractivity contribution >= 4 is 33.1 Å². The number of carbonyl (C=O) groups excluding carboxylic acids is 2. The first-order chi connectivity index (χ1) is 14.8. The van der Waals surface area contributed by atoms with Gasteiger partial charge in [-0.1, -0.05) is 6.07 Å². The summed E-state index contributed by atoms with van der Waals surface area (Å²) in [7, 11) is -3.54. The van der Waals surface area contributed by atoms with Crippen LogP contribution in [0, 0.1) is 0 Å². The van der Waals surface area contributed by atoms with Gasteiger partial charge in [-0.15, -0.1) is 0 Å². The summed E-state index contributed by atoms with van der Waals surface area (Å²) in [6.07, 6.45) is 1.72. The summed E-state index contributed by atoms with van der Waals surface area (Å²) in [6, 6.07) is 9.49. The molecule has 0 saturated carbocycles. The number of fused-ring (bicyclic) bond motifs is 1. The quantitative estimate of drug-likeness (QED) is 0.629. The minimum absolute atomic E-state index is 0.0578. The number of nitrogens with one attached hydrogen (secondary N) is 2. The van der Waals surface area contributed by atoms with Crippen molar-refractivity contribution in [3.8, 4) is 11.5 Å². The number of anilines is 2. The van der Waals surface area contributed by atoms with Crippen molar-refractivity contribution in [2.24, 2.45) is 0 Å². The van der Waals surface area contributed by atoms with Crippen LogP contribution in [0.5, 0.6) is 11.5 Å². The molecule has 2 heterocycles. The predicted molar refractivity (Wildman–Crippen MR) is 114 cm³/mol. The fourth-order valence-corrected chi connectivity index (χ4v) is 5.12. The smallest absolute Gasteiger partial charge is 0.243 e. The molecule has 10 heteroatoms. The average molecular weight is 445 g/mol. The first-order valence-electron chi connectivity index (χ1n) is 9.93. The number of nitrogens with zero attached hydrogens (tertiary/aromatic N) is 1. The lowest BCUT2D eigenvalue weighted by atomic mass is 10.1. The number of hydrogen-bond acceptors (Lipinski definition) is 7. The summed E-state index contributed by atoms with van der Waals surface area (Å²) in [4.78, 5) is 24.6. The monoisotopic (exact) mass is 445 g/mol. The molecule has 0 spiro atoms. The molecule has 4 rings (SSSR count). The van der Waals surface area contributed by atoms with Gasteiger partial charge in [-0.25, -0.2) is 8.42 Å². The van der Waals surface area contributed by atoms with Crippen LogP contribution in [-0.2, 0) is 14.8 Å². The molecule has 2 aliphatic rings. The molecule has 1 amide bonds. The standard InChI is InChI=1S/C21H23N3O6S/c1-14(25)17-10-19-20(30-13-29-19)11-18(17)23-21(26)12-22-15-5-4-6-16(9-15)31(27,28)24-7-2-3-8-24/h4-6,9-11,22H,2-3,7-8,12-13H2,1H3,(H,23,26). The van der Waals surface area contributed by atoms with E-state index in [4.69, 9.17) is 9.47 Å². The van der Waals surface area contributed by atoms with Crippen LogP contribution in [0.25, 0.3) is 0 Å². The molecule has 1 saturated heterocycles. The molecule has 0 aromatic heterocycles. The summed E-state index contributed by atoms with van der Waals surface area (Å²) in [5.41, 5.74) is 1.15. The maximum Gasteiger partial charge on any atom is 0.243 e. The van der Waals surface area contributed by atoms with E-state index >= 15 is 0 Å². The lowest BCUT2D eigenvalue weighted by molar-refractivity contribution is -0.114. The molecule has 0 radical (unpaired) electrons. The number of sulfonamides is 1. The fourth-order valence-electron chi connectivity index (χ4n) is 3.56. The van der Waals surface area contributed by atoms with Crippen molar-refractivity contribution < 1.29 is 27.5 Å². The molecule has 0 unspecified atom stereocenters. The van der Waals surface area contributed by atoms with Crippen LogP contribution < -0.4 is 20.1 Å². The SMILES string of the molecule is CC(=O)c1cc2c(cc1NC(=O)CNc1cccc(S(=O)(=O)N3CCCC3)c1)OCO2. The maximum absolute atomic E-state index is 12.7. The van der Waals surface area contributed by atoms with Crippen LogP contribution in [0.15, 0.2) is 41.3 Å². The molecule has 31 heavy (non-hydrogen) atoms. The summed E-state index contributed by atoms with van der Waals surface area (Å²) >= 11 is 0. The highest BCUT2D eigenvalue weighted by atomic mass is 32.2. The van der Waals surface area contributed by atoms with Crippen molar-refractivity contribution in [1.82, 2.24) is 4.31 Å². The van der Waals surface area contributed by atoms with Gasteiger partial charge in [-0.05, 0) is 44.0 Å². The molecule has 1 fully saturated rings. The van der Waals surface area contributed by atoms with Crippen molar-refractivity contribution in [2.45, 2.75) is 24.7 Å². The van der Waals surface area contributed by atoms with Gasteiger partial charge in [-0.3, -0.25) is 9.59 Å². The van der Waals surface area contributed by atoms with E-state index in [1.807, 2.05) is 0 Å². The first-order valence-corrected chi connectivity index (χ1v) is 11.4. The van der Waals surface area contributed by atoms with Gasteiger partial charge in [0.05, 0.1) is 17.1 Å². The topological polar surface area (TPSA) is 114 Å². The van der Waals surface area contributed by atoms with Gasteiger partial charge >= 0.3 is 0 Å². The molecule has 2 aliphatic heterocycles. The second-order valence-electron chi connectivity index (χ2n) is 7.35. The molecule has 0 bridgehead atoms. The molecule has 164 valence electrons. The average Bonchev–Trinajstić information content (AvgIpc) is 3.44. The van der Waals surface area contributed by atoms with E-state index in [0.29, 0.717) is 41.5 Å². The molecule has 2 N–H and O–H groups in total. The Hall–Kier alpha value is -3.11. The van der Waals surface area contributed by atoms with Gasteiger partial charge in [0.25, 0.3) is 0 Å². The summed E-state index contributed by atoms with van der Waals surface area (Å²) < 4.78 is 37.5. The molecule has 2 aromatic rings. The third-order valence-corrected chi connectivity index (χ3v) is 7.05. The Bertz CT molecular complexity index is 1130. The minimum Gasteiger partial charge on any atom is -0.454 e. The Kier molecular flexibility index (Phi) is 5.84. The normalized spacial score (nSPS) is 15.6. The Balaban J connectivity index is 1.44. The van der Waals surface area contributed by atoms with Gasteiger partial charge < -0.3 is 20.1 Å². The van der Waals surface area contributed by atoms with E-state index in [1.165, 1.54) is 17.3 Å². The zero-order valence-electron chi connectivity index (χ0n) is 17.0. The van der Waals surface area contributed by atoms with Crippen LogP contribution in [0.4, 0.5) is 11.4 Å². The zero-order valence-corrected chi connectivity index (χ0v) is 17.8. The molecular formula is C21H23N3O6S. The number of amides is 1. The van der Waals surface area contributed by atoms with Crippen LogP contribution in [-0.4, -0.2) is 50.8 Å². The van der Waals surface area contributed by atoms with Crippen LogP contribution >= 0.6 is 0 Å². The lowest BCUT2D eigenvalue weighted by Gasteiger charge is -2.16. The van der Waals surface area contributed by atoms with E-state index in [1.54, 1.807) is 30.3 Å². The number of hydrogen-bond donors (Lipinski definition) is 2. The maximum atomic E-state index is 12.7. The fraction of sp³-hybridized carbons (Fsp3) is 0.333. The van der Waals surface area contributed by atoms with E-state index in [0.717, 1.165) is 12.8 Å². The molecule has 2 aromatic carbocycles. The van der Waals surface area contributed by atoms with E-state index in [9.17, 15) is 18.0 Å².